The molecule has 0 amide bonds. The lowest BCUT2D eigenvalue weighted by molar-refractivity contribution is 0.590. The van der Waals surface area contributed by atoms with Gasteiger partial charge in [0.1, 0.15) is 5.84 Å². The molecule has 0 radical (unpaired) electrons. The summed E-state index contributed by atoms with van der Waals surface area (Å²) in [5.41, 5.74) is 9.54. The van der Waals surface area contributed by atoms with Crippen molar-refractivity contribution in [3.8, 4) is 0 Å². The van der Waals surface area contributed by atoms with E-state index in [0.29, 0.717) is 0 Å². The van der Waals surface area contributed by atoms with Gasteiger partial charge in [0.15, 0.2) is 0 Å². The van der Waals surface area contributed by atoms with E-state index in [9.17, 15) is 0 Å². The fourth-order valence-electron chi connectivity index (χ4n) is 1.69. The third-order valence-corrected chi connectivity index (χ3v) is 2.58. The Kier molecular flexibility index (Phi) is 1.88. The zero-order valence-electron chi connectivity index (χ0n) is 8.96. The third-order valence-electron chi connectivity index (χ3n) is 2.58. The maximum atomic E-state index is 5.69. The first-order chi connectivity index (χ1) is 6.47. The predicted molar refractivity (Wildman–Crippen MR) is 60.1 cm³/mol. The summed E-state index contributed by atoms with van der Waals surface area (Å²) in [5, 5.41) is 0. The third kappa shape index (κ3) is 1.52. The SMILES string of the molecule is CC(C)(C)c1ccc2c(c1)CC(N)=N2. The number of fused-ring (bicyclic) bond motifs is 1. The fraction of sp³-hybridized carbons (Fsp3) is 0.417. The van der Waals surface area contributed by atoms with Crippen LogP contribution in [-0.4, -0.2) is 5.84 Å². The van der Waals surface area contributed by atoms with Crippen LogP contribution < -0.4 is 5.73 Å². The number of benzene rings is 1. The lowest BCUT2D eigenvalue weighted by Gasteiger charge is -2.19. The maximum Gasteiger partial charge on any atom is 0.104 e. The quantitative estimate of drug-likeness (QED) is 0.667. The molecule has 0 saturated carbocycles. The van der Waals surface area contributed by atoms with Gasteiger partial charge in [0.05, 0.1) is 5.69 Å². The maximum absolute atomic E-state index is 5.69. The van der Waals surface area contributed by atoms with Gasteiger partial charge in [-0.25, -0.2) is 4.99 Å². The molecule has 0 fully saturated rings. The summed E-state index contributed by atoms with van der Waals surface area (Å²) in [6, 6.07) is 6.43. The molecular formula is C12H16N2. The molecule has 1 heterocycles. The zero-order chi connectivity index (χ0) is 10.3. The molecule has 0 spiro atoms. The van der Waals surface area contributed by atoms with Crippen LogP contribution in [0.3, 0.4) is 0 Å². The van der Waals surface area contributed by atoms with Crippen molar-refractivity contribution < 1.29 is 0 Å². The minimum Gasteiger partial charge on any atom is -0.387 e. The summed E-state index contributed by atoms with van der Waals surface area (Å²) >= 11 is 0. The molecule has 1 aromatic rings. The smallest absolute Gasteiger partial charge is 0.104 e. The molecule has 14 heavy (non-hydrogen) atoms. The average Bonchev–Trinajstić information content (AvgIpc) is 2.41. The molecule has 1 aromatic carbocycles. The van der Waals surface area contributed by atoms with Crippen LogP contribution in [0.15, 0.2) is 23.2 Å². The van der Waals surface area contributed by atoms with Crippen LogP contribution in [-0.2, 0) is 11.8 Å². The summed E-state index contributed by atoms with van der Waals surface area (Å²) in [6.07, 6.45) is 0.805. The van der Waals surface area contributed by atoms with E-state index in [-0.39, 0.29) is 5.41 Å². The molecule has 0 aliphatic carbocycles. The summed E-state index contributed by atoms with van der Waals surface area (Å²) in [5.74, 6) is 0.728. The highest BCUT2D eigenvalue weighted by molar-refractivity contribution is 5.90. The number of hydrogen-bond acceptors (Lipinski definition) is 2. The molecule has 1 aliphatic rings. The minimum absolute atomic E-state index is 0.201. The van der Waals surface area contributed by atoms with Gasteiger partial charge in [0.25, 0.3) is 0 Å². The average molecular weight is 188 g/mol. The van der Waals surface area contributed by atoms with Gasteiger partial charge in [0, 0.05) is 6.42 Å². The Balaban J connectivity index is 2.42. The molecule has 74 valence electrons. The predicted octanol–water partition coefficient (Wildman–Crippen LogP) is 2.53. The second-order valence-electron chi connectivity index (χ2n) is 4.87. The zero-order valence-corrected chi connectivity index (χ0v) is 8.96. The molecule has 0 atom stereocenters. The number of hydrogen-bond donors (Lipinski definition) is 1. The molecule has 2 N–H and O–H groups in total. The van der Waals surface area contributed by atoms with Crippen molar-refractivity contribution >= 4 is 11.5 Å². The Morgan fingerprint density at radius 3 is 2.64 bits per heavy atom. The molecule has 0 bridgehead atoms. The largest absolute Gasteiger partial charge is 0.387 e. The van der Waals surface area contributed by atoms with Crippen molar-refractivity contribution in [3.63, 3.8) is 0 Å². The van der Waals surface area contributed by atoms with E-state index in [1.165, 1.54) is 11.1 Å². The van der Waals surface area contributed by atoms with Gasteiger partial charge < -0.3 is 5.73 Å². The number of aliphatic imine (C=N–C) groups is 1. The van der Waals surface area contributed by atoms with E-state index >= 15 is 0 Å². The highest BCUT2D eigenvalue weighted by atomic mass is 14.9. The van der Waals surface area contributed by atoms with Gasteiger partial charge >= 0.3 is 0 Å². The molecule has 0 aromatic heterocycles. The van der Waals surface area contributed by atoms with Crippen LogP contribution >= 0.6 is 0 Å². The van der Waals surface area contributed by atoms with E-state index < -0.39 is 0 Å². The van der Waals surface area contributed by atoms with Gasteiger partial charge in [-0.05, 0) is 22.6 Å². The lowest BCUT2D eigenvalue weighted by atomic mass is 9.86. The lowest BCUT2D eigenvalue weighted by Crippen LogP contribution is -2.12. The summed E-state index contributed by atoms with van der Waals surface area (Å²) < 4.78 is 0. The van der Waals surface area contributed by atoms with Gasteiger partial charge in [0.2, 0.25) is 0 Å². The van der Waals surface area contributed by atoms with E-state index in [2.05, 4.69) is 44.0 Å². The number of nitrogens with zero attached hydrogens (tertiary/aromatic N) is 1. The van der Waals surface area contributed by atoms with Crippen molar-refractivity contribution in [1.29, 1.82) is 0 Å². The Bertz CT molecular complexity index is 397. The van der Waals surface area contributed by atoms with Crippen LogP contribution in [0.1, 0.15) is 31.9 Å². The van der Waals surface area contributed by atoms with Crippen LogP contribution in [0.5, 0.6) is 0 Å². The van der Waals surface area contributed by atoms with Crippen LogP contribution in [0.25, 0.3) is 0 Å². The molecule has 2 rings (SSSR count). The van der Waals surface area contributed by atoms with Gasteiger partial charge in [-0.1, -0.05) is 32.9 Å². The van der Waals surface area contributed by atoms with Gasteiger partial charge in [-0.15, -0.1) is 0 Å². The number of nitrogens with two attached hydrogens (primary N) is 1. The van der Waals surface area contributed by atoms with E-state index in [0.717, 1.165) is 17.9 Å². The van der Waals surface area contributed by atoms with Crippen molar-refractivity contribution in [2.45, 2.75) is 32.6 Å². The summed E-state index contributed by atoms with van der Waals surface area (Å²) in [4.78, 5) is 4.27. The first kappa shape index (κ1) is 9.25. The van der Waals surface area contributed by atoms with Crippen LogP contribution in [0.4, 0.5) is 5.69 Å². The normalized spacial score (nSPS) is 15.2. The molecular weight excluding hydrogens is 172 g/mol. The van der Waals surface area contributed by atoms with E-state index in [1.807, 2.05) is 0 Å². The monoisotopic (exact) mass is 188 g/mol. The molecule has 2 nitrogen and oxygen atoms in total. The summed E-state index contributed by atoms with van der Waals surface area (Å²) in [6.45, 7) is 6.65. The van der Waals surface area contributed by atoms with Gasteiger partial charge in [-0.3, -0.25) is 0 Å². The fourth-order valence-corrected chi connectivity index (χ4v) is 1.69. The van der Waals surface area contributed by atoms with Crippen molar-refractivity contribution in [1.82, 2.24) is 0 Å². The topological polar surface area (TPSA) is 38.4 Å². The Hall–Kier alpha value is -1.31. The molecule has 0 unspecified atom stereocenters. The van der Waals surface area contributed by atoms with E-state index in [1.54, 1.807) is 0 Å². The molecule has 1 aliphatic heterocycles. The van der Waals surface area contributed by atoms with E-state index in [4.69, 9.17) is 5.73 Å². The molecule has 2 heteroatoms. The Morgan fingerprint density at radius 1 is 1.29 bits per heavy atom. The van der Waals surface area contributed by atoms with Crippen molar-refractivity contribution in [2.75, 3.05) is 0 Å². The van der Waals surface area contributed by atoms with Gasteiger partial charge in [-0.2, -0.15) is 0 Å². The van der Waals surface area contributed by atoms with Crippen molar-refractivity contribution in [2.24, 2.45) is 10.7 Å². The van der Waals surface area contributed by atoms with Crippen LogP contribution in [0.2, 0.25) is 0 Å². The minimum atomic E-state index is 0.201. The number of rotatable bonds is 0. The Labute approximate surface area is 84.9 Å². The number of amidine groups is 1. The summed E-state index contributed by atoms with van der Waals surface area (Å²) in [7, 11) is 0. The second kappa shape index (κ2) is 2.84. The Morgan fingerprint density at radius 2 is 2.00 bits per heavy atom. The molecule has 0 saturated heterocycles. The standard InChI is InChI=1S/C12H16N2/c1-12(2,3)9-4-5-10-8(6-9)7-11(13)14-10/h4-6H,7H2,1-3H3,(H2,13,14). The first-order valence-electron chi connectivity index (χ1n) is 4.93. The highest BCUT2D eigenvalue weighted by Crippen LogP contribution is 2.31. The van der Waals surface area contributed by atoms with Crippen molar-refractivity contribution in [3.05, 3.63) is 29.3 Å². The second-order valence-corrected chi connectivity index (χ2v) is 4.87. The highest BCUT2D eigenvalue weighted by Gasteiger charge is 2.18. The first-order valence-corrected chi connectivity index (χ1v) is 4.93. The van der Waals surface area contributed by atoms with Crippen LogP contribution in [0, 0.1) is 0 Å².